The second kappa shape index (κ2) is 6.39. The number of aryl methyl sites for hydroxylation is 2. The van der Waals surface area contributed by atoms with Crippen LogP contribution in [0.4, 0.5) is 5.82 Å². The zero-order chi connectivity index (χ0) is 15.4. The molecular formula is C15H20N4O2. The predicted molar refractivity (Wildman–Crippen MR) is 80.5 cm³/mol. The summed E-state index contributed by atoms with van der Waals surface area (Å²) in [5.74, 6) is -0.256. The summed E-state index contributed by atoms with van der Waals surface area (Å²) in [4.78, 5) is 17.7. The Labute approximate surface area is 124 Å². The Morgan fingerprint density at radius 3 is 2.76 bits per heavy atom. The summed E-state index contributed by atoms with van der Waals surface area (Å²) >= 11 is 0. The summed E-state index contributed by atoms with van der Waals surface area (Å²) in [6.45, 7) is 2.68. The van der Waals surface area contributed by atoms with Gasteiger partial charge in [0.1, 0.15) is 5.82 Å². The van der Waals surface area contributed by atoms with E-state index in [0.29, 0.717) is 12.4 Å². The van der Waals surface area contributed by atoms with Crippen LogP contribution in [0.1, 0.15) is 35.0 Å². The molecule has 0 saturated heterocycles. The molecule has 0 spiro atoms. The van der Waals surface area contributed by atoms with Crippen molar-refractivity contribution >= 4 is 11.8 Å². The van der Waals surface area contributed by atoms with E-state index >= 15 is 0 Å². The lowest BCUT2D eigenvalue weighted by Gasteiger charge is -2.18. The van der Waals surface area contributed by atoms with Crippen LogP contribution in [0.15, 0.2) is 24.5 Å². The van der Waals surface area contributed by atoms with Gasteiger partial charge in [0, 0.05) is 38.1 Å². The molecule has 0 atom stereocenters. The lowest BCUT2D eigenvalue weighted by molar-refractivity contribution is 0.0696. The molecule has 0 fully saturated rings. The third-order valence-corrected chi connectivity index (χ3v) is 3.19. The van der Waals surface area contributed by atoms with Crippen LogP contribution in [0, 0.1) is 0 Å². The first kappa shape index (κ1) is 15.0. The highest BCUT2D eigenvalue weighted by Gasteiger charge is 2.12. The predicted octanol–water partition coefficient (Wildman–Crippen LogP) is 2.10. The van der Waals surface area contributed by atoms with Crippen LogP contribution < -0.4 is 4.90 Å². The van der Waals surface area contributed by atoms with E-state index in [-0.39, 0.29) is 5.56 Å². The summed E-state index contributed by atoms with van der Waals surface area (Å²) in [7, 11) is 3.77. The number of nitrogens with zero attached hydrogens (tertiary/aromatic N) is 4. The first-order valence-corrected chi connectivity index (χ1v) is 6.92. The largest absolute Gasteiger partial charge is 0.478 e. The molecule has 2 aromatic heterocycles. The van der Waals surface area contributed by atoms with E-state index in [9.17, 15) is 9.90 Å². The van der Waals surface area contributed by atoms with Gasteiger partial charge in [0.2, 0.25) is 0 Å². The molecule has 0 amide bonds. The van der Waals surface area contributed by atoms with Gasteiger partial charge in [-0.15, -0.1) is 0 Å². The number of aromatic carboxylic acids is 1. The van der Waals surface area contributed by atoms with Gasteiger partial charge in [0.25, 0.3) is 0 Å². The van der Waals surface area contributed by atoms with Crippen molar-refractivity contribution in [2.24, 2.45) is 7.05 Å². The summed E-state index contributed by atoms with van der Waals surface area (Å²) < 4.78 is 1.74. The molecule has 21 heavy (non-hydrogen) atoms. The summed E-state index contributed by atoms with van der Waals surface area (Å²) in [5.41, 5.74) is 2.14. The number of carboxylic acid groups (broad SMARTS) is 1. The Morgan fingerprint density at radius 1 is 1.43 bits per heavy atom. The molecule has 6 nitrogen and oxygen atoms in total. The van der Waals surface area contributed by atoms with Crippen molar-refractivity contribution in [3.05, 3.63) is 41.3 Å². The van der Waals surface area contributed by atoms with Gasteiger partial charge < -0.3 is 10.0 Å². The molecule has 0 aliphatic rings. The SMILES string of the molecule is CCCc1cc(C(=O)O)cc(N(C)Cc2cnn(C)c2)n1. The molecule has 2 aromatic rings. The molecule has 0 radical (unpaired) electrons. The smallest absolute Gasteiger partial charge is 0.335 e. The van der Waals surface area contributed by atoms with Gasteiger partial charge in [-0.25, -0.2) is 9.78 Å². The molecule has 0 unspecified atom stereocenters. The van der Waals surface area contributed by atoms with Crippen molar-refractivity contribution in [1.29, 1.82) is 0 Å². The molecule has 0 aliphatic heterocycles. The van der Waals surface area contributed by atoms with Crippen molar-refractivity contribution in [2.75, 3.05) is 11.9 Å². The highest BCUT2D eigenvalue weighted by molar-refractivity contribution is 5.88. The maximum Gasteiger partial charge on any atom is 0.335 e. The minimum absolute atomic E-state index is 0.279. The van der Waals surface area contributed by atoms with E-state index in [1.165, 1.54) is 0 Å². The van der Waals surface area contributed by atoms with E-state index in [0.717, 1.165) is 24.1 Å². The van der Waals surface area contributed by atoms with Crippen molar-refractivity contribution in [3.8, 4) is 0 Å². The maximum absolute atomic E-state index is 11.2. The van der Waals surface area contributed by atoms with E-state index in [1.807, 2.05) is 32.1 Å². The third-order valence-electron chi connectivity index (χ3n) is 3.19. The molecule has 0 bridgehead atoms. The molecule has 0 aliphatic carbocycles. The summed E-state index contributed by atoms with van der Waals surface area (Å²) in [5, 5.41) is 13.3. The molecule has 6 heteroatoms. The Kier molecular flexibility index (Phi) is 4.57. The summed E-state index contributed by atoms with van der Waals surface area (Å²) in [6, 6.07) is 3.26. The second-order valence-electron chi connectivity index (χ2n) is 5.14. The standard InChI is InChI=1S/C15H20N4O2/c1-4-5-13-6-12(15(20)21)7-14(17-13)18(2)9-11-8-16-19(3)10-11/h6-8,10H,4-5,9H2,1-3H3,(H,20,21). The number of rotatable bonds is 6. The zero-order valence-corrected chi connectivity index (χ0v) is 12.6. The molecule has 1 N–H and O–H groups in total. The fourth-order valence-electron chi connectivity index (χ4n) is 2.18. The van der Waals surface area contributed by atoms with Crippen LogP contribution in [0.5, 0.6) is 0 Å². The molecule has 2 heterocycles. The van der Waals surface area contributed by atoms with Crippen molar-refractivity contribution in [1.82, 2.24) is 14.8 Å². The number of pyridine rings is 1. The van der Waals surface area contributed by atoms with Gasteiger partial charge in [-0.2, -0.15) is 5.10 Å². The second-order valence-corrected chi connectivity index (χ2v) is 5.14. The molecular weight excluding hydrogens is 268 g/mol. The van der Waals surface area contributed by atoms with Gasteiger partial charge in [-0.3, -0.25) is 4.68 Å². The van der Waals surface area contributed by atoms with E-state index < -0.39 is 5.97 Å². The van der Waals surface area contributed by atoms with E-state index in [2.05, 4.69) is 10.1 Å². The fraction of sp³-hybridized carbons (Fsp3) is 0.400. The highest BCUT2D eigenvalue weighted by Crippen LogP contribution is 2.17. The van der Waals surface area contributed by atoms with Crippen LogP contribution in [0.25, 0.3) is 0 Å². The average molecular weight is 288 g/mol. The lowest BCUT2D eigenvalue weighted by atomic mass is 10.1. The minimum Gasteiger partial charge on any atom is -0.478 e. The maximum atomic E-state index is 11.2. The zero-order valence-electron chi connectivity index (χ0n) is 12.6. The van der Waals surface area contributed by atoms with Gasteiger partial charge in [0.05, 0.1) is 11.8 Å². The Morgan fingerprint density at radius 2 is 2.19 bits per heavy atom. The Hall–Kier alpha value is -2.37. The first-order valence-electron chi connectivity index (χ1n) is 6.92. The van der Waals surface area contributed by atoms with E-state index in [1.54, 1.807) is 23.0 Å². The lowest BCUT2D eigenvalue weighted by Crippen LogP contribution is -2.19. The minimum atomic E-state index is -0.925. The van der Waals surface area contributed by atoms with Crippen LogP contribution in [0.2, 0.25) is 0 Å². The third kappa shape index (κ3) is 3.81. The Balaban J connectivity index is 2.26. The van der Waals surface area contributed by atoms with Gasteiger partial charge in [-0.1, -0.05) is 13.3 Å². The first-order chi connectivity index (χ1) is 9.99. The van der Waals surface area contributed by atoms with Crippen molar-refractivity contribution in [3.63, 3.8) is 0 Å². The van der Waals surface area contributed by atoms with Gasteiger partial charge in [0.15, 0.2) is 0 Å². The number of hydrogen-bond acceptors (Lipinski definition) is 4. The number of anilines is 1. The molecule has 112 valence electrons. The fourth-order valence-corrected chi connectivity index (χ4v) is 2.18. The number of aromatic nitrogens is 3. The van der Waals surface area contributed by atoms with Crippen LogP contribution >= 0.6 is 0 Å². The number of hydrogen-bond donors (Lipinski definition) is 1. The van der Waals surface area contributed by atoms with Gasteiger partial charge >= 0.3 is 5.97 Å². The van der Waals surface area contributed by atoms with Crippen LogP contribution in [-0.2, 0) is 20.0 Å². The van der Waals surface area contributed by atoms with Crippen LogP contribution in [0.3, 0.4) is 0 Å². The summed E-state index contributed by atoms with van der Waals surface area (Å²) in [6.07, 6.45) is 5.44. The van der Waals surface area contributed by atoms with Crippen molar-refractivity contribution < 1.29 is 9.90 Å². The topological polar surface area (TPSA) is 71.2 Å². The highest BCUT2D eigenvalue weighted by atomic mass is 16.4. The van der Waals surface area contributed by atoms with E-state index in [4.69, 9.17) is 0 Å². The monoisotopic (exact) mass is 288 g/mol. The molecule has 0 saturated carbocycles. The number of carbonyl (C=O) groups is 1. The van der Waals surface area contributed by atoms with Crippen molar-refractivity contribution in [2.45, 2.75) is 26.3 Å². The Bertz CT molecular complexity index is 636. The average Bonchev–Trinajstić information content (AvgIpc) is 2.84. The van der Waals surface area contributed by atoms with Crippen LogP contribution in [-0.4, -0.2) is 32.9 Å². The molecule has 0 aromatic carbocycles. The normalized spacial score (nSPS) is 10.6. The molecule has 2 rings (SSSR count). The number of carboxylic acids is 1. The van der Waals surface area contributed by atoms with Gasteiger partial charge in [-0.05, 0) is 18.6 Å². The quantitative estimate of drug-likeness (QED) is 0.881.